The van der Waals surface area contributed by atoms with Crippen LogP contribution in [0.5, 0.6) is 5.75 Å². The molecule has 0 radical (unpaired) electrons. The minimum absolute atomic E-state index is 0.390. The van der Waals surface area contributed by atoms with Crippen LogP contribution in [-0.4, -0.2) is 16.9 Å². The highest BCUT2D eigenvalue weighted by atomic mass is 32.2. The molecule has 2 aliphatic rings. The first-order valence-electron chi connectivity index (χ1n) is 6.82. The Bertz CT molecular complexity index is 567. The molecule has 2 atom stereocenters. The largest absolute Gasteiger partial charge is 0.573 e. The van der Waals surface area contributed by atoms with Crippen molar-refractivity contribution in [2.45, 2.75) is 42.5 Å². The molecule has 1 aromatic carbocycles. The number of hydrogen-bond donors (Lipinski definition) is 0. The van der Waals surface area contributed by atoms with Gasteiger partial charge in [0.1, 0.15) is 11.6 Å². The van der Waals surface area contributed by atoms with Gasteiger partial charge in [-0.3, -0.25) is 0 Å². The van der Waals surface area contributed by atoms with Crippen LogP contribution in [0.4, 0.5) is 17.6 Å². The highest BCUT2D eigenvalue weighted by molar-refractivity contribution is 8.00. The highest BCUT2D eigenvalue weighted by Crippen LogP contribution is 2.44. The Hall–Kier alpha value is -1.17. The predicted molar refractivity (Wildman–Crippen MR) is 74.7 cm³/mol. The second-order valence-corrected chi connectivity index (χ2v) is 6.86. The molecule has 6 heteroatoms. The van der Waals surface area contributed by atoms with Gasteiger partial charge in [-0.05, 0) is 37.0 Å². The van der Waals surface area contributed by atoms with Crippen LogP contribution < -0.4 is 4.74 Å². The molecule has 114 valence electrons. The van der Waals surface area contributed by atoms with E-state index >= 15 is 0 Å². The average molecular weight is 318 g/mol. The van der Waals surface area contributed by atoms with Crippen molar-refractivity contribution in [3.63, 3.8) is 0 Å². The Balaban J connectivity index is 1.84. The van der Waals surface area contributed by atoms with Gasteiger partial charge in [-0.25, -0.2) is 4.39 Å². The molecule has 2 aliphatic heterocycles. The molecule has 0 spiro atoms. The number of alkyl halides is 3. The van der Waals surface area contributed by atoms with Crippen molar-refractivity contribution in [3.8, 4) is 5.75 Å². The number of benzene rings is 1. The molecule has 2 bridgehead atoms. The first-order chi connectivity index (χ1) is 9.90. The van der Waals surface area contributed by atoms with Crippen LogP contribution in [0.15, 0.2) is 24.3 Å². The fraction of sp³-hybridized carbons (Fsp3) is 0.467. The van der Waals surface area contributed by atoms with Crippen molar-refractivity contribution in [2.24, 2.45) is 0 Å². The van der Waals surface area contributed by atoms with Crippen LogP contribution in [0.2, 0.25) is 0 Å². The van der Waals surface area contributed by atoms with Crippen molar-refractivity contribution in [1.29, 1.82) is 0 Å². The number of hydrogen-bond acceptors (Lipinski definition) is 2. The molecule has 0 saturated carbocycles. The molecule has 2 heterocycles. The van der Waals surface area contributed by atoms with Gasteiger partial charge >= 0.3 is 6.36 Å². The molecule has 1 nitrogen and oxygen atoms in total. The number of rotatable bonds is 2. The van der Waals surface area contributed by atoms with Crippen LogP contribution in [0, 0.1) is 5.82 Å². The lowest BCUT2D eigenvalue weighted by molar-refractivity contribution is -0.274. The van der Waals surface area contributed by atoms with Crippen LogP contribution in [0.25, 0.3) is 5.57 Å². The fourth-order valence-corrected chi connectivity index (χ4v) is 4.51. The smallest absolute Gasteiger partial charge is 0.406 e. The van der Waals surface area contributed by atoms with E-state index in [-0.39, 0.29) is 0 Å². The third kappa shape index (κ3) is 3.54. The topological polar surface area (TPSA) is 9.23 Å². The molecule has 1 saturated heterocycles. The highest BCUT2D eigenvalue weighted by Gasteiger charge is 2.32. The van der Waals surface area contributed by atoms with E-state index in [1.54, 1.807) is 0 Å². The normalized spacial score (nSPS) is 25.4. The number of halogens is 4. The van der Waals surface area contributed by atoms with E-state index in [0.29, 0.717) is 16.1 Å². The summed E-state index contributed by atoms with van der Waals surface area (Å²) in [6.07, 6.45) is 1.43. The maximum absolute atomic E-state index is 14.1. The summed E-state index contributed by atoms with van der Waals surface area (Å²) < 4.78 is 54.2. The lowest BCUT2D eigenvalue weighted by Crippen LogP contribution is -2.21. The first-order valence-corrected chi connectivity index (χ1v) is 7.77. The van der Waals surface area contributed by atoms with E-state index in [9.17, 15) is 17.6 Å². The summed E-state index contributed by atoms with van der Waals surface area (Å²) in [5.41, 5.74) is 1.29. The van der Waals surface area contributed by atoms with Gasteiger partial charge in [0.15, 0.2) is 0 Å². The quantitative estimate of drug-likeness (QED) is 0.696. The van der Waals surface area contributed by atoms with Gasteiger partial charge in [0.05, 0.1) is 0 Å². The minimum atomic E-state index is -4.80. The molecule has 1 aromatic rings. The van der Waals surface area contributed by atoms with E-state index in [1.807, 2.05) is 11.8 Å². The molecule has 0 N–H and O–H groups in total. The molecule has 21 heavy (non-hydrogen) atoms. The summed E-state index contributed by atoms with van der Waals surface area (Å²) in [4.78, 5) is 0. The molecule has 2 unspecified atom stereocenters. The second kappa shape index (κ2) is 5.55. The summed E-state index contributed by atoms with van der Waals surface area (Å²) in [6, 6.07) is 3.36. The molecule has 0 amide bonds. The summed E-state index contributed by atoms with van der Waals surface area (Å²) in [7, 11) is 0. The lowest BCUT2D eigenvalue weighted by Gasteiger charge is -2.33. The van der Waals surface area contributed by atoms with Crippen molar-refractivity contribution in [1.82, 2.24) is 0 Å². The predicted octanol–water partition coefficient (Wildman–Crippen LogP) is 5.17. The van der Waals surface area contributed by atoms with E-state index in [0.717, 1.165) is 30.9 Å². The van der Waals surface area contributed by atoms with Gasteiger partial charge in [-0.15, -0.1) is 13.2 Å². The Morgan fingerprint density at radius 3 is 2.67 bits per heavy atom. The fourth-order valence-electron chi connectivity index (χ4n) is 2.89. The molecule has 1 fully saturated rings. The SMILES string of the molecule is Fc1cc(OC(F)(F)F)ccc1C1=CC2CCCC(C1)S2. The third-order valence-corrected chi connectivity index (χ3v) is 5.25. The lowest BCUT2D eigenvalue weighted by atomic mass is 9.93. The Morgan fingerprint density at radius 1 is 1.19 bits per heavy atom. The van der Waals surface area contributed by atoms with Gasteiger partial charge in [0.25, 0.3) is 0 Å². The zero-order valence-corrected chi connectivity index (χ0v) is 11.9. The van der Waals surface area contributed by atoms with E-state index in [2.05, 4.69) is 10.8 Å². The number of fused-ring (bicyclic) bond motifs is 2. The van der Waals surface area contributed by atoms with E-state index in [4.69, 9.17) is 0 Å². The maximum Gasteiger partial charge on any atom is 0.573 e. The number of ether oxygens (including phenoxy) is 1. The Labute approximate surface area is 124 Å². The van der Waals surface area contributed by atoms with Crippen molar-refractivity contribution >= 4 is 17.3 Å². The first kappa shape index (κ1) is 14.8. The summed E-state index contributed by atoms with van der Waals surface area (Å²) in [6.45, 7) is 0. The molecule has 3 rings (SSSR count). The minimum Gasteiger partial charge on any atom is -0.406 e. The van der Waals surface area contributed by atoms with Crippen molar-refractivity contribution in [2.75, 3.05) is 0 Å². The number of thioether (sulfide) groups is 1. The van der Waals surface area contributed by atoms with Gasteiger partial charge in [-0.1, -0.05) is 12.5 Å². The molecular formula is C15H14F4OS. The van der Waals surface area contributed by atoms with Gasteiger partial charge < -0.3 is 4.74 Å². The van der Waals surface area contributed by atoms with E-state index < -0.39 is 17.9 Å². The molecular weight excluding hydrogens is 304 g/mol. The zero-order chi connectivity index (χ0) is 15.0. The van der Waals surface area contributed by atoms with Crippen LogP contribution in [0.1, 0.15) is 31.2 Å². The Morgan fingerprint density at radius 2 is 2.00 bits per heavy atom. The van der Waals surface area contributed by atoms with Gasteiger partial charge in [0, 0.05) is 22.1 Å². The number of allylic oxidation sites excluding steroid dienone is 1. The van der Waals surface area contributed by atoms with Crippen LogP contribution >= 0.6 is 11.8 Å². The maximum atomic E-state index is 14.1. The summed E-state index contributed by atoms with van der Waals surface area (Å²) >= 11 is 1.92. The molecule has 0 aromatic heterocycles. The zero-order valence-electron chi connectivity index (χ0n) is 11.1. The monoisotopic (exact) mass is 318 g/mol. The third-order valence-electron chi connectivity index (χ3n) is 3.74. The van der Waals surface area contributed by atoms with Crippen molar-refractivity contribution < 1.29 is 22.3 Å². The van der Waals surface area contributed by atoms with Crippen LogP contribution in [-0.2, 0) is 0 Å². The Kier molecular flexibility index (Phi) is 3.90. The standard InChI is InChI=1S/C15H14F4OS/c16-14-8-10(20-15(17,18)19)4-5-13(14)9-6-11-2-1-3-12(7-9)21-11/h4-6,8,11-12H,1-3,7H2. The van der Waals surface area contributed by atoms with E-state index in [1.165, 1.54) is 18.6 Å². The summed E-state index contributed by atoms with van der Waals surface area (Å²) in [5.74, 6) is -1.18. The van der Waals surface area contributed by atoms with Gasteiger partial charge in [-0.2, -0.15) is 11.8 Å². The van der Waals surface area contributed by atoms with Crippen LogP contribution in [0.3, 0.4) is 0 Å². The van der Waals surface area contributed by atoms with Gasteiger partial charge in [0.2, 0.25) is 0 Å². The second-order valence-electron chi connectivity index (χ2n) is 5.31. The van der Waals surface area contributed by atoms with Crippen molar-refractivity contribution in [3.05, 3.63) is 35.7 Å². The average Bonchev–Trinajstić information content (AvgIpc) is 2.36. The molecule has 0 aliphatic carbocycles. The summed E-state index contributed by atoms with van der Waals surface area (Å²) in [5, 5.41) is 0.896.